The summed E-state index contributed by atoms with van der Waals surface area (Å²) in [5, 5.41) is 3.78. The second-order valence-electron chi connectivity index (χ2n) is 3.28. The van der Waals surface area contributed by atoms with Gasteiger partial charge in [-0.05, 0) is 24.7 Å². The zero-order valence-electron chi connectivity index (χ0n) is 7.81. The van der Waals surface area contributed by atoms with E-state index in [9.17, 15) is 4.39 Å². The molecule has 0 bridgehead atoms. The van der Waals surface area contributed by atoms with E-state index >= 15 is 0 Å². The van der Waals surface area contributed by atoms with Crippen molar-refractivity contribution in [3.05, 3.63) is 34.1 Å². The van der Waals surface area contributed by atoms with Crippen LogP contribution in [0.5, 0.6) is 0 Å². The average molecular weight is 232 g/mol. The summed E-state index contributed by atoms with van der Waals surface area (Å²) < 4.78 is 13.6. The lowest BCUT2D eigenvalue weighted by Crippen LogP contribution is -2.24. The SMILES string of the molecule is CNC1CSCc2c(Cl)ccc(F)c21. The van der Waals surface area contributed by atoms with Crippen LogP contribution in [0.2, 0.25) is 5.02 Å². The van der Waals surface area contributed by atoms with Crippen molar-refractivity contribution in [1.29, 1.82) is 0 Å². The Morgan fingerprint density at radius 2 is 2.36 bits per heavy atom. The summed E-state index contributed by atoms with van der Waals surface area (Å²) in [6.45, 7) is 0. The zero-order valence-corrected chi connectivity index (χ0v) is 9.38. The van der Waals surface area contributed by atoms with Gasteiger partial charge in [-0.15, -0.1) is 0 Å². The lowest BCUT2D eigenvalue weighted by atomic mass is 10.0. The molecule has 1 atom stereocenters. The van der Waals surface area contributed by atoms with E-state index in [1.165, 1.54) is 6.07 Å². The Hall–Kier alpha value is -0.250. The molecule has 1 aliphatic rings. The smallest absolute Gasteiger partial charge is 0.128 e. The van der Waals surface area contributed by atoms with Gasteiger partial charge in [0, 0.05) is 28.1 Å². The predicted octanol–water partition coefficient (Wildman–Crippen LogP) is 2.99. The molecule has 0 aliphatic carbocycles. The molecule has 1 unspecified atom stereocenters. The van der Waals surface area contributed by atoms with Crippen molar-refractivity contribution in [3.8, 4) is 0 Å². The summed E-state index contributed by atoms with van der Waals surface area (Å²) in [5.74, 6) is 1.56. The second kappa shape index (κ2) is 4.09. The van der Waals surface area contributed by atoms with Crippen LogP contribution < -0.4 is 5.32 Å². The highest BCUT2D eigenvalue weighted by Crippen LogP contribution is 2.37. The first-order chi connectivity index (χ1) is 6.74. The lowest BCUT2D eigenvalue weighted by Gasteiger charge is -2.25. The Morgan fingerprint density at radius 1 is 1.57 bits per heavy atom. The third kappa shape index (κ3) is 1.64. The van der Waals surface area contributed by atoms with Gasteiger partial charge in [-0.25, -0.2) is 4.39 Å². The molecule has 0 saturated carbocycles. The van der Waals surface area contributed by atoms with E-state index in [0.717, 1.165) is 22.6 Å². The molecule has 0 amide bonds. The minimum Gasteiger partial charge on any atom is -0.312 e. The van der Waals surface area contributed by atoms with E-state index in [1.54, 1.807) is 17.8 Å². The summed E-state index contributed by atoms with van der Waals surface area (Å²) in [6.07, 6.45) is 0. The average Bonchev–Trinajstić information content (AvgIpc) is 2.23. The maximum atomic E-state index is 13.6. The minimum absolute atomic E-state index is 0.0856. The quantitative estimate of drug-likeness (QED) is 0.798. The molecule has 1 N–H and O–H groups in total. The molecule has 0 radical (unpaired) electrons. The van der Waals surface area contributed by atoms with Gasteiger partial charge in [-0.2, -0.15) is 11.8 Å². The standard InChI is InChI=1S/C10H11ClFNS/c1-13-9-5-14-4-6-7(11)2-3-8(12)10(6)9/h2-3,9,13H,4-5H2,1H3. The summed E-state index contributed by atoms with van der Waals surface area (Å²) >= 11 is 7.81. The van der Waals surface area contributed by atoms with Gasteiger partial charge in [0.1, 0.15) is 5.82 Å². The van der Waals surface area contributed by atoms with E-state index in [-0.39, 0.29) is 11.9 Å². The molecule has 0 fully saturated rings. The molecular weight excluding hydrogens is 221 g/mol. The number of hydrogen-bond donors (Lipinski definition) is 1. The van der Waals surface area contributed by atoms with Gasteiger partial charge in [0.2, 0.25) is 0 Å². The van der Waals surface area contributed by atoms with Crippen molar-refractivity contribution in [3.63, 3.8) is 0 Å². The molecule has 0 aromatic heterocycles. The molecule has 2 rings (SSSR count). The molecular formula is C10H11ClFNS. The molecule has 1 heterocycles. The molecule has 14 heavy (non-hydrogen) atoms. The Labute approximate surface area is 92.0 Å². The van der Waals surface area contributed by atoms with E-state index < -0.39 is 0 Å². The van der Waals surface area contributed by atoms with Crippen molar-refractivity contribution in [2.45, 2.75) is 11.8 Å². The second-order valence-corrected chi connectivity index (χ2v) is 4.72. The fraction of sp³-hybridized carbons (Fsp3) is 0.400. The lowest BCUT2D eigenvalue weighted by molar-refractivity contribution is 0.559. The highest BCUT2D eigenvalue weighted by molar-refractivity contribution is 7.98. The van der Waals surface area contributed by atoms with E-state index in [4.69, 9.17) is 11.6 Å². The van der Waals surface area contributed by atoms with E-state index in [1.807, 2.05) is 7.05 Å². The number of hydrogen-bond acceptors (Lipinski definition) is 2. The van der Waals surface area contributed by atoms with Gasteiger partial charge in [0.15, 0.2) is 0 Å². The topological polar surface area (TPSA) is 12.0 Å². The van der Waals surface area contributed by atoms with Crippen molar-refractivity contribution in [2.75, 3.05) is 12.8 Å². The van der Waals surface area contributed by atoms with Crippen molar-refractivity contribution >= 4 is 23.4 Å². The number of fused-ring (bicyclic) bond motifs is 1. The van der Waals surface area contributed by atoms with E-state index in [2.05, 4.69) is 5.32 Å². The van der Waals surface area contributed by atoms with Crippen molar-refractivity contribution in [2.24, 2.45) is 0 Å². The van der Waals surface area contributed by atoms with Gasteiger partial charge in [0.25, 0.3) is 0 Å². The fourth-order valence-corrected chi connectivity index (χ4v) is 3.24. The van der Waals surface area contributed by atoms with Gasteiger partial charge >= 0.3 is 0 Å². The first-order valence-electron chi connectivity index (χ1n) is 4.46. The van der Waals surface area contributed by atoms with Crippen LogP contribution in [0.3, 0.4) is 0 Å². The van der Waals surface area contributed by atoms with Crippen LogP contribution in [0.15, 0.2) is 12.1 Å². The summed E-state index contributed by atoms with van der Waals surface area (Å²) in [4.78, 5) is 0. The minimum atomic E-state index is -0.149. The number of halogens is 2. The first kappa shape index (κ1) is 10.3. The van der Waals surface area contributed by atoms with Crippen molar-refractivity contribution in [1.82, 2.24) is 5.32 Å². The number of nitrogens with one attached hydrogen (secondary N) is 1. The van der Waals surface area contributed by atoms with Gasteiger partial charge in [-0.1, -0.05) is 11.6 Å². The number of benzene rings is 1. The monoisotopic (exact) mass is 231 g/mol. The molecule has 0 saturated heterocycles. The van der Waals surface area contributed by atoms with Gasteiger partial charge in [0.05, 0.1) is 0 Å². The van der Waals surface area contributed by atoms with Crippen LogP contribution in [0.4, 0.5) is 4.39 Å². The molecule has 4 heteroatoms. The third-order valence-electron chi connectivity index (χ3n) is 2.47. The highest BCUT2D eigenvalue weighted by atomic mass is 35.5. The van der Waals surface area contributed by atoms with Crippen LogP contribution >= 0.6 is 23.4 Å². The molecule has 76 valence electrons. The Balaban J connectivity index is 2.55. The molecule has 1 aliphatic heterocycles. The van der Waals surface area contributed by atoms with Gasteiger partial charge < -0.3 is 5.32 Å². The number of rotatable bonds is 1. The van der Waals surface area contributed by atoms with Crippen LogP contribution in [-0.4, -0.2) is 12.8 Å². The van der Waals surface area contributed by atoms with Crippen LogP contribution in [0.25, 0.3) is 0 Å². The van der Waals surface area contributed by atoms with Crippen LogP contribution in [0, 0.1) is 5.82 Å². The first-order valence-corrected chi connectivity index (χ1v) is 5.99. The normalized spacial score (nSPS) is 20.6. The summed E-state index contributed by atoms with van der Waals surface area (Å²) in [7, 11) is 1.85. The predicted molar refractivity (Wildman–Crippen MR) is 59.4 cm³/mol. The molecule has 0 spiro atoms. The molecule has 1 nitrogen and oxygen atoms in total. The zero-order chi connectivity index (χ0) is 10.1. The molecule has 1 aromatic carbocycles. The Morgan fingerprint density at radius 3 is 3.07 bits per heavy atom. The Bertz CT molecular complexity index is 356. The summed E-state index contributed by atoms with van der Waals surface area (Å²) in [6, 6.07) is 3.16. The maximum Gasteiger partial charge on any atom is 0.128 e. The maximum absolute atomic E-state index is 13.6. The fourth-order valence-electron chi connectivity index (χ4n) is 1.72. The third-order valence-corrected chi connectivity index (χ3v) is 3.89. The summed E-state index contributed by atoms with van der Waals surface area (Å²) in [5.41, 5.74) is 1.70. The van der Waals surface area contributed by atoms with Crippen LogP contribution in [0.1, 0.15) is 17.2 Å². The largest absolute Gasteiger partial charge is 0.312 e. The molecule has 1 aromatic rings. The van der Waals surface area contributed by atoms with E-state index in [0.29, 0.717) is 5.02 Å². The Kier molecular flexibility index (Phi) is 3.00. The van der Waals surface area contributed by atoms with Gasteiger partial charge in [-0.3, -0.25) is 0 Å². The number of thioether (sulfide) groups is 1. The highest BCUT2D eigenvalue weighted by Gasteiger charge is 2.24. The van der Waals surface area contributed by atoms with Crippen LogP contribution in [-0.2, 0) is 5.75 Å². The van der Waals surface area contributed by atoms with Crippen molar-refractivity contribution < 1.29 is 4.39 Å².